The van der Waals surface area contributed by atoms with E-state index in [4.69, 9.17) is 0 Å². The fourth-order valence-electron chi connectivity index (χ4n) is 3.01. The highest BCUT2D eigenvalue weighted by Gasteiger charge is 2.13. The molecule has 2 aromatic carbocycles. The molecule has 2 heterocycles. The second-order valence-electron chi connectivity index (χ2n) is 6.97. The molecule has 32 heavy (non-hydrogen) atoms. The highest BCUT2D eigenvalue weighted by Crippen LogP contribution is 2.26. The SMILES string of the molecule is Cn1c(SCC(=O)Nc2ccc(NC(=O)Cc3ccccc3)cc2)nnc1-c1cccs1. The molecule has 0 atom stereocenters. The first-order chi connectivity index (χ1) is 15.6. The summed E-state index contributed by atoms with van der Waals surface area (Å²) in [4.78, 5) is 25.5. The lowest BCUT2D eigenvalue weighted by molar-refractivity contribution is -0.115. The Kier molecular flexibility index (Phi) is 6.98. The molecule has 4 rings (SSSR count). The van der Waals surface area contributed by atoms with Crippen molar-refractivity contribution >= 4 is 46.3 Å². The van der Waals surface area contributed by atoms with Crippen LogP contribution in [-0.4, -0.2) is 32.3 Å². The van der Waals surface area contributed by atoms with Gasteiger partial charge in [-0.25, -0.2) is 0 Å². The average Bonchev–Trinajstić information content (AvgIpc) is 3.44. The molecule has 0 unspecified atom stereocenters. The molecule has 9 heteroatoms. The summed E-state index contributed by atoms with van der Waals surface area (Å²) in [6.45, 7) is 0. The number of nitrogens with one attached hydrogen (secondary N) is 2. The number of thiophene rings is 1. The van der Waals surface area contributed by atoms with Crippen LogP contribution in [0.4, 0.5) is 11.4 Å². The van der Waals surface area contributed by atoms with Crippen molar-refractivity contribution in [1.82, 2.24) is 14.8 Å². The van der Waals surface area contributed by atoms with Gasteiger partial charge in [0.1, 0.15) is 0 Å². The lowest BCUT2D eigenvalue weighted by Crippen LogP contribution is -2.15. The number of amides is 2. The Labute approximate surface area is 193 Å². The van der Waals surface area contributed by atoms with E-state index in [1.807, 2.05) is 59.5 Å². The maximum absolute atomic E-state index is 12.3. The Bertz CT molecular complexity index is 1190. The van der Waals surface area contributed by atoms with Gasteiger partial charge in [-0.3, -0.25) is 9.59 Å². The van der Waals surface area contributed by atoms with Gasteiger partial charge in [0.25, 0.3) is 0 Å². The fraction of sp³-hybridized carbons (Fsp3) is 0.130. The third-order valence-electron chi connectivity index (χ3n) is 4.57. The first kappa shape index (κ1) is 21.8. The van der Waals surface area contributed by atoms with Gasteiger partial charge in [0, 0.05) is 18.4 Å². The number of rotatable bonds is 8. The zero-order chi connectivity index (χ0) is 22.3. The highest BCUT2D eigenvalue weighted by atomic mass is 32.2. The third kappa shape index (κ3) is 5.63. The Hall–Kier alpha value is -3.43. The number of thioether (sulfide) groups is 1. The van der Waals surface area contributed by atoms with E-state index in [1.54, 1.807) is 35.6 Å². The molecule has 0 radical (unpaired) electrons. The maximum Gasteiger partial charge on any atom is 0.234 e. The minimum atomic E-state index is -0.142. The van der Waals surface area contributed by atoms with Gasteiger partial charge in [-0.15, -0.1) is 21.5 Å². The zero-order valence-electron chi connectivity index (χ0n) is 17.3. The Morgan fingerprint density at radius 3 is 2.25 bits per heavy atom. The van der Waals surface area contributed by atoms with Gasteiger partial charge in [0.2, 0.25) is 11.8 Å². The Balaban J connectivity index is 1.26. The second-order valence-corrected chi connectivity index (χ2v) is 8.86. The number of hydrogen-bond acceptors (Lipinski definition) is 6. The molecular formula is C23H21N5O2S2. The largest absolute Gasteiger partial charge is 0.326 e. The molecule has 4 aromatic rings. The molecule has 2 aromatic heterocycles. The molecule has 0 aliphatic carbocycles. The third-order valence-corrected chi connectivity index (χ3v) is 6.45. The molecular weight excluding hydrogens is 442 g/mol. The van der Waals surface area contributed by atoms with Crippen LogP contribution in [0.3, 0.4) is 0 Å². The van der Waals surface area contributed by atoms with Crippen molar-refractivity contribution in [2.75, 3.05) is 16.4 Å². The van der Waals surface area contributed by atoms with Crippen LogP contribution in [0.25, 0.3) is 10.7 Å². The molecule has 7 nitrogen and oxygen atoms in total. The summed E-state index contributed by atoms with van der Waals surface area (Å²) in [5, 5.41) is 16.8. The topological polar surface area (TPSA) is 88.9 Å². The van der Waals surface area contributed by atoms with Crippen LogP contribution in [0, 0.1) is 0 Å². The van der Waals surface area contributed by atoms with Gasteiger partial charge in [-0.2, -0.15) is 0 Å². The predicted molar refractivity (Wildman–Crippen MR) is 129 cm³/mol. The van der Waals surface area contributed by atoms with Crippen LogP contribution >= 0.6 is 23.1 Å². The van der Waals surface area contributed by atoms with E-state index in [0.717, 1.165) is 16.3 Å². The molecule has 0 aliphatic heterocycles. The smallest absolute Gasteiger partial charge is 0.234 e. The van der Waals surface area contributed by atoms with E-state index in [0.29, 0.717) is 23.0 Å². The predicted octanol–water partition coefficient (Wildman–Crippen LogP) is 4.46. The monoisotopic (exact) mass is 463 g/mol. The van der Waals surface area contributed by atoms with E-state index >= 15 is 0 Å². The van der Waals surface area contributed by atoms with E-state index in [1.165, 1.54) is 11.8 Å². The number of nitrogens with zero attached hydrogens (tertiary/aromatic N) is 3. The van der Waals surface area contributed by atoms with Crippen LogP contribution in [0.5, 0.6) is 0 Å². The number of aromatic nitrogens is 3. The van der Waals surface area contributed by atoms with Gasteiger partial charge in [0.15, 0.2) is 11.0 Å². The number of carbonyl (C=O) groups excluding carboxylic acids is 2. The van der Waals surface area contributed by atoms with Crippen molar-refractivity contribution < 1.29 is 9.59 Å². The summed E-state index contributed by atoms with van der Waals surface area (Å²) in [6.07, 6.45) is 0.312. The normalized spacial score (nSPS) is 10.7. The summed E-state index contributed by atoms with van der Waals surface area (Å²) < 4.78 is 1.89. The number of anilines is 2. The summed E-state index contributed by atoms with van der Waals surface area (Å²) in [5.41, 5.74) is 2.30. The molecule has 0 saturated heterocycles. The molecule has 162 valence electrons. The van der Waals surface area contributed by atoms with E-state index in [-0.39, 0.29) is 17.6 Å². The molecule has 0 saturated carbocycles. The number of hydrogen-bond donors (Lipinski definition) is 2. The van der Waals surface area contributed by atoms with Crippen molar-refractivity contribution in [3.8, 4) is 10.7 Å². The lowest BCUT2D eigenvalue weighted by Gasteiger charge is -2.08. The van der Waals surface area contributed by atoms with E-state index in [2.05, 4.69) is 20.8 Å². The average molecular weight is 464 g/mol. The van der Waals surface area contributed by atoms with Crippen LogP contribution in [0.15, 0.2) is 77.3 Å². The summed E-state index contributed by atoms with van der Waals surface area (Å²) >= 11 is 2.93. The molecule has 2 amide bonds. The Morgan fingerprint density at radius 1 is 0.906 bits per heavy atom. The first-order valence-electron chi connectivity index (χ1n) is 9.88. The van der Waals surface area contributed by atoms with Crippen molar-refractivity contribution in [2.24, 2.45) is 7.05 Å². The minimum absolute atomic E-state index is 0.0880. The van der Waals surface area contributed by atoms with Crippen molar-refractivity contribution in [1.29, 1.82) is 0 Å². The standard InChI is InChI=1S/C23H21N5O2S2/c1-28-22(19-8-5-13-31-19)26-27-23(28)32-15-21(30)25-18-11-9-17(10-12-18)24-20(29)14-16-6-3-2-4-7-16/h2-13H,14-15H2,1H3,(H,24,29)(H,25,30). The minimum Gasteiger partial charge on any atom is -0.326 e. The zero-order valence-corrected chi connectivity index (χ0v) is 19.0. The number of carbonyl (C=O) groups is 2. The van der Waals surface area contributed by atoms with Crippen LogP contribution in [-0.2, 0) is 23.1 Å². The van der Waals surface area contributed by atoms with Crippen LogP contribution in [0.1, 0.15) is 5.56 Å². The summed E-state index contributed by atoms with van der Waals surface area (Å²) in [7, 11) is 1.89. The quantitative estimate of drug-likeness (QED) is 0.377. The van der Waals surface area contributed by atoms with Gasteiger partial charge in [-0.1, -0.05) is 48.2 Å². The molecule has 2 N–H and O–H groups in total. The van der Waals surface area contributed by atoms with Gasteiger partial charge in [0.05, 0.1) is 17.1 Å². The first-order valence-corrected chi connectivity index (χ1v) is 11.7. The van der Waals surface area contributed by atoms with E-state index in [9.17, 15) is 9.59 Å². The molecule has 0 spiro atoms. The fourth-order valence-corrected chi connectivity index (χ4v) is 4.47. The Morgan fingerprint density at radius 2 is 1.59 bits per heavy atom. The van der Waals surface area contributed by atoms with Gasteiger partial charge < -0.3 is 15.2 Å². The number of benzene rings is 2. The molecule has 0 fully saturated rings. The summed E-state index contributed by atoms with van der Waals surface area (Å²) in [5.74, 6) is 0.769. The summed E-state index contributed by atoms with van der Waals surface area (Å²) in [6, 6.07) is 20.6. The van der Waals surface area contributed by atoms with Crippen molar-refractivity contribution in [3.05, 3.63) is 77.7 Å². The van der Waals surface area contributed by atoms with E-state index < -0.39 is 0 Å². The second kappa shape index (κ2) is 10.3. The highest BCUT2D eigenvalue weighted by molar-refractivity contribution is 7.99. The maximum atomic E-state index is 12.3. The van der Waals surface area contributed by atoms with Gasteiger partial charge in [-0.05, 0) is 41.3 Å². The van der Waals surface area contributed by atoms with Crippen molar-refractivity contribution in [2.45, 2.75) is 11.6 Å². The van der Waals surface area contributed by atoms with Crippen LogP contribution in [0.2, 0.25) is 0 Å². The van der Waals surface area contributed by atoms with Gasteiger partial charge >= 0.3 is 0 Å². The molecule has 0 bridgehead atoms. The van der Waals surface area contributed by atoms with Crippen molar-refractivity contribution in [3.63, 3.8) is 0 Å². The lowest BCUT2D eigenvalue weighted by atomic mass is 10.1. The van der Waals surface area contributed by atoms with Crippen LogP contribution < -0.4 is 10.6 Å². The molecule has 0 aliphatic rings.